The largest absolute Gasteiger partial charge is 0.497 e. The third-order valence-corrected chi connectivity index (χ3v) is 5.46. The molecule has 0 spiro atoms. The molecular weight excluding hydrogens is 426 g/mol. The molecule has 2 N–H and O–H groups in total. The predicted octanol–water partition coefficient (Wildman–Crippen LogP) is 6.26. The Morgan fingerprint density at radius 1 is 1.06 bits per heavy atom. The fourth-order valence-corrected chi connectivity index (χ4v) is 3.91. The molecule has 1 heterocycles. The molecule has 0 saturated heterocycles. The van der Waals surface area contributed by atoms with Gasteiger partial charge >= 0.3 is 5.97 Å². The van der Waals surface area contributed by atoms with E-state index in [2.05, 4.69) is 5.32 Å². The molecule has 4 rings (SSSR count). The molecule has 0 atom stereocenters. The Morgan fingerprint density at radius 2 is 1.81 bits per heavy atom. The molecule has 0 aliphatic rings. The number of rotatable bonds is 6. The van der Waals surface area contributed by atoms with Crippen molar-refractivity contribution in [3.8, 4) is 22.6 Å². The molecule has 3 aromatic carbocycles. The molecule has 1 aromatic heterocycles. The highest BCUT2D eigenvalue weighted by molar-refractivity contribution is 6.30. The highest BCUT2D eigenvalue weighted by Gasteiger charge is 2.21. The molecule has 0 aliphatic carbocycles. The molecule has 0 aliphatic heterocycles. The van der Waals surface area contributed by atoms with Crippen LogP contribution in [0.3, 0.4) is 0 Å². The van der Waals surface area contributed by atoms with Gasteiger partial charge in [-0.05, 0) is 61.4 Å². The number of nitrogens with one attached hydrogen (secondary N) is 1. The summed E-state index contributed by atoms with van der Waals surface area (Å²) in [6.07, 6.45) is 0. The van der Waals surface area contributed by atoms with E-state index in [-0.39, 0.29) is 5.56 Å². The van der Waals surface area contributed by atoms with Crippen LogP contribution in [0, 0.1) is 13.8 Å². The van der Waals surface area contributed by atoms with Gasteiger partial charge in [0.2, 0.25) is 0 Å². The molecule has 4 aromatic rings. The molecule has 7 heteroatoms. The first kappa shape index (κ1) is 21.5. The van der Waals surface area contributed by atoms with E-state index >= 15 is 0 Å². The summed E-state index contributed by atoms with van der Waals surface area (Å²) >= 11 is 6.17. The summed E-state index contributed by atoms with van der Waals surface area (Å²) in [6.45, 7) is 3.89. The summed E-state index contributed by atoms with van der Waals surface area (Å²) in [4.78, 5) is 12.0. The van der Waals surface area contributed by atoms with Gasteiger partial charge < -0.3 is 15.2 Å². The van der Waals surface area contributed by atoms with E-state index in [9.17, 15) is 9.90 Å². The van der Waals surface area contributed by atoms with E-state index < -0.39 is 5.97 Å². The second-order valence-electron chi connectivity index (χ2n) is 7.36. The van der Waals surface area contributed by atoms with Crippen LogP contribution in [-0.4, -0.2) is 28.0 Å². The molecular formula is C25H22ClN3O3. The monoisotopic (exact) mass is 447 g/mol. The number of anilines is 2. The standard InChI is InChI=1S/C25H22ClN3O3/c1-15-13-18(26)9-12-22(15)29-24(23(16(2)28-29)17-7-5-4-6-8-17)27-21-11-10-19(32-3)14-20(21)25(30)31/h4-14,27H,1-3H3,(H,30,31). The van der Waals surface area contributed by atoms with E-state index in [0.717, 1.165) is 28.1 Å². The lowest BCUT2D eigenvalue weighted by atomic mass is 10.1. The van der Waals surface area contributed by atoms with Gasteiger partial charge in [-0.2, -0.15) is 5.10 Å². The van der Waals surface area contributed by atoms with Crippen molar-refractivity contribution in [1.29, 1.82) is 0 Å². The first-order valence-electron chi connectivity index (χ1n) is 9.99. The maximum Gasteiger partial charge on any atom is 0.337 e. The molecule has 162 valence electrons. The van der Waals surface area contributed by atoms with E-state index in [1.165, 1.54) is 13.2 Å². The Kier molecular flexibility index (Phi) is 5.88. The smallest absolute Gasteiger partial charge is 0.337 e. The van der Waals surface area contributed by atoms with Crippen LogP contribution in [0.2, 0.25) is 5.02 Å². The Labute approximate surface area is 191 Å². The number of carboxylic acids is 1. The van der Waals surface area contributed by atoms with Gasteiger partial charge in [-0.3, -0.25) is 0 Å². The van der Waals surface area contributed by atoms with E-state index in [4.69, 9.17) is 21.4 Å². The highest BCUT2D eigenvalue weighted by Crippen LogP contribution is 2.37. The van der Waals surface area contributed by atoms with E-state index in [1.54, 1.807) is 16.8 Å². The number of benzene rings is 3. The number of carboxylic acid groups (broad SMARTS) is 1. The second kappa shape index (κ2) is 8.77. The van der Waals surface area contributed by atoms with Gasteiger partial charge in [0, 0.05) is 10.6 Å². The molecule has 0 unspecified atom stereocenters. The van der Waals surface area contributed by atoms with Gasteiger partial charge in [0.25, 0.3) is 0 Å². The number of aryl methyl sites for hydroxylation is 2. The van der Waals surface area contributed by atoms with Crippen molar-refractivity contribution in [2.45, 2.75) is 13.8 Å². The average molecular weight is 448 g/mol. The summed E-state index contributed by atoms with van der Waals surface area (Å²) < 4.78 is 7.00. The van der Waals surface area contributed by atoms with Gasteiger partial charge in [0.1, 0.15) is 11.6 Å². The van der Waals surface area contributed by atoms with Gasteiger partial charge in [0.05, 0.1) is 29.7 Å². The molecule has 0 fully saturated rings. The number of carbonyl (C=O) groups is 1. The summed E-state index contributed by atoms with van der Waals surface area (Å²) in [5.41, 5.74) is 4.97. The minimum Gasteiger partial charge on any atom is -0.497 e. The minimum atomic E-state index is -1.06. The van der Waals surface area contributed by atoms with Crippen molar-refractivity contribution in [1.82, 2.24) is 9.78 Å². The third-order valence-electron chi connectivity index (χ3n) is 5.22. The third kappa shape index (κ3) is 4.05. The predicted molar refractivity (Wildman–Crippen MR) is 127 cm³/mol. The number of ether oxygens (including phenoxy) is 1. The van der Waals surface area contributed by atoms with Crippen LogP contribution < -0.4 is 10.1 Å². The molecule has 0 amide bonds. The summed E-state index contributed by atoms with van der Waals surface area (Å²) in [5.74, 6) is 0.0689. The lowest BCUT2D eigenvalue weighted by Crippen LogP contribution is -2.08. The van der Waals surface area contributed by atoms with Crippen molar-refractivity contribution >= 4 is 29.1 Å². The van der Waals surface area contributed by atoms with Crippen molar-refractivity contribution in [2.24, 2.45) is 0 Å². The van der Waals surface area contributed by atoms with Gasteiger partial charge in [0.15, 0.2) is 0 Å². The number of hydrogen-bond acceptors (Lipinski definition) is 4. The summed E-state index contributed by atoms with van der Waals surface area (Å²) in [7, 11) is 1.50. The van der Waals surface area contributed by atoms with Crippen molar-refractivity contribution in [2.75, 3.05) is 12.4 Å². The fraction of sp³-hybridized carbons (Fsp3) is 0.120. The summed E-state index contributed by atoms with van der Waals surface area (Å²) in [5, 5.41) is 18.5. The van der Waals surface area contributed by atoms with Crippen LogP contribution in [0.5, 0.6) is 5.75 Å². The number of aromatic carboxylic acids is 1. The molecule has 0 saturated carbocycles. The summed E-state index contributed by atoms with van der Waals surface area (Å²) in [6, 6.07) is 20.4. The zero-order chi connectivity index (χ0) is 22.8. The highest BCUT2D eigenvalue weighted by atomic mass is 35.5. The Bertz CT molecular complexity index is 1300. The van der Waals surface area contributed by atoms with Gasteiger partial charge in [-0.1, -0.05) is 41.9 Å². The van der Waals surface area contributed by atoms with Crippen molar-refractivity contribution < 1.29 is 14.6 Å². The zero-order valence-electron chi connectivity index (χ0n) is 17.9. The lowest BCUT2D eigenvalue weighted by Gasteiger charge is -2.16. The lowest BCUT2D eigenvalue weighted by molar-refractivity contribution is 0.0697. The van der Waals surface area contributed by atoms with Crippen LogP contribution >= 0.6 is 11.6 Å². The maximum atomic E-state index is 12.0. The van der Waals surface area contributed by atoms with E-state index in [0.29, 0.717) is 22.3 Å². The van der Waals surface area contributed by atoms with Crippen LogP contribution in [0.25, 0.3) is 16.8 Å². The molecule has 0 bridgehead atoms. The zero-order valence-corrected chi connectivity index (χ0v) is 18.6. The van der Waals surface area contributed by atoms with Crippen LogP contribution in [0.4, 0.5) is 11.5 Å². The van der Waals surface area contributed by atoms with Crippen molar-refractivity contribution in [3.05, 3.63) is 88.6 Å². The number of methoxy groups -OCH3 is 1. The number of nitrogens with zero attached hydrogens (tertiary/aromatic N) is 2. The van der Waals surface area contributed by atoms with Crippen LogP contribution in [0.1, 0.15) is 21.6 Å². The number of halogens is 1. The normalized spacial score (nSPS) is 10.8. The Hall–Kier alpha value is -3.77. The first-order chi connectivity index (χ1) is 15.4. The molecule has 32 heavy (non-hydrogen) atoms. The van der Waals surface area contributed by atoms with Gasteiger partial charge in [-0.15, -0.1) is 0 Å². The van der Waals surface area contributed by atoms with Crippen molar-refractivity contribution in [3.63, 3.8) is 0 Å². The van der Waals surface area contributed by atoms with E-state index in [1.807, 2.05) is 62.4 Å². The second-order valence-corrected chi connectivity index (χ2v) is 7.80. The van der Waals surface area contributed by atoms with Crippen LogP contribution in [0.15, 0.2) is 66.7 Å². The minimum absolute atomic E-state index is 0.0987. The average Bonchev–Trinajstić information content (AvgIpc) is 3.09. The topological polar surface area (TPSA) is 76.4 Å². The molecule has 0 radical (unpaired) electrons. The van der Waals surface area contributed by atoms with Gasteiger partial charge in [-0.25, -0.2) is 9.48 Å². The van der Waals surface area contributed by atoms with Crippen LogP contribution in [-0.2, 0) is 0 Å². The fourth-order valence-electron chi connectivity index (χ4n) is 3.69. The Morgan fingerprint density at radius 3 is 2.47 bits per heavy atom. The Balaban J connectivity index is 1.95. The first-order valence-corrected chi connectivity index (χ1v) is 10.4. The quantitative estimate of drug-likeness (QED) is 0.365. The number of hydrogen-bond donors (Lipinski definition) is 2. The maximum absolute atomic E-state index is 12.0. The number of aromatic nitrogens is 2. The SMILES string of the molecule is COc1ccc(Nc2c(-c3ccccc3)c(C)nn2-c2ccc(Cl)cc2C)c(C(=O)O)c1. The molecule has 6 nitrogen and oxygen atoms in total.